The van der Waals surface area contributed by atoms with Crippen LogP contribution in [0.5, 0.6) is 0 Å². The molecule has 0 aromatic heterocycles. The highest BCUT2D eigenvalue weighted by Crippen LogP contribution is 2.29. The van der Waals surface area contributed by atoms with E-state index in [9.17, 15) is 0 Å². The zero-order chi connectivity index (χ0) is 10.8. The Bertz CT molecular complexity index is 346. The Hall–Kier alpha value is -1.02. The Morgan fingerprint density at radius 3 is 3.00 bits per heavy atom. The number of rotatable bonds is 2. The van der Waals surface area contributed by atoms with Crippen LogP contribution in [0.2, 0.25) is 0 Å². The van der Waals surface area contributed by atoms with Gasteiger partial charge in [-0.15, -0.1) is 0 Å². The van der Waals surface area contributed by atoms with Crippen molar-refractivity contribution in [2.75, 3.05) is 18.5 Å². The molecule has 1 atom stereocenters. The summed E-state index contributed by atoms with van der Waals surface area (Å²) in [4.78, 5) is 2.38. The largest absolute Gasteiger partial charge is 0.372 e. The van der Waals surface area contributed by atoms with Gasteiger partial charge in [0.2, 0.25) is 0 Å². The van der Waals surface area contributed by atoms with Gasteiger partial charge in [0.25, 0.3) is 0 Å². The topological polar surface area (TPSA) is 29.3 Å². The number of nitrogens with two attached hydrogens (primary N) is 1. The van der Waals surface area contributed by atoms with Crippen LogP contribution in [-0.4, -0.2) is 19.6 Å². The lowest BCUT2D eigenvalue weighted by Crippen LogP contribution is -2.33. The molecule has 0 fully saturated rings. The maximum Gasteiger partial charge on any atom is 0.0398 e. The van der Waals surface area contributed by atoms with Gasteiger partial charge in [0.15, 0.2) is 0 Å². The first kappa shape index (κ1) is 10.5. The molecule has 0 spiro atoms. The third-order valence-corrected chi connectivity index (χ3v) is 3.45. The molecule has 0 saturated carbocycles. The Labute approximate surface area is 92.1 Å². The minimum Gasteiger partial charge on any atom is -0.372 e. The predicted molar refractivity (Wildman–Crippen MR) is 65.4 cm³/mol. The van der Waals surface area contributed by atoms with Crippen LogP contribution < -0.4 is 10.6 Å². The van der Waals surface area contributed by atoms with E-state index in [-0.39, 0.29) is 0 Å². The van der Waals surface area contributed by atoms with Crippen molar-refractivity contribution >= 4 is 5.69 Å². The first-order valence-electron chi connectivity index (χ1n) is 5.77. The number of fused-ring (bicyclic) bond motifs is 1. The van der Waals surface area contributed by atoms with Gasteiger partial charge in [-0.05, 0) is 49.9 Å². The van der Waals surface area contributed by atoms with E-state index in [1.807, 2.05) is 0 Å². The number of aryl methyl sites for hydroxylation is 1. The van der Waals surface area contributed by atoms with E-state index in [2.05, 4.69) is 37.1 Å². The minimum absolute atomic E-state index is 0.665. The van der Waals surface area contributed by atoms with E-state index in [1.165, 1.54) is 29.7 Å². The van der Waals surface area contributed by atoms with Crippen molar-refractivity contribution in [2.45, 2.75) is 32.2 Å². The molecule has 2 heteroatoms. The summed E-state index contributed by atoms with van der Waals surface area (Å²) in [7, 11) is 2.19. The van der Waals surface area contributed by atoms with Crippen LogP contribution in [0, 0.1) is 0 Å². The lowest BCUT2D eigenvalue weighted by atomic mass is 9.95. The highest BCUT2D eigenvalue weighted by molar-refractivity contribution is 5.57. The van der Waals surface area contributed by atoms with Gasteiger partial charge in [-0.25, -0.2) is 0 Å². The molecule has 0 saturated heterocycles. The maximum atomic E-state index is 5.58. The number of hydrogen-bond donors (Lipinski definition) is 1. The Kier molecular flexibility index (Phi) is 2.96. The summed E-state index contributed by atoms with van der Waals surface area (Å²) in [6.45, 7) is 3.03. The molecule has 1 unspecified atom stereocenters. The average Bonchev–Trinajstić information content (AvgIpc) is 2.24. The quantitative estimate of drug-likeness (QED) is 0.798. The van der Waals surface area contributed by atoms with Crippen molar-refractivity contribution in [2.24, 2.45) is 5.73 Å². The van der Waals surface area contributed by atoms with Gasteiger partial charge in [0.05, 0.1) is 0 Å². The lowest BCUT2D eigenvalue weighted by Gasteiger charge is -2.34. The molecule has 0 bridgehead atoms. The van der Waals surface area contributed by atoms with Gasteiger partial charge in [-0.2, -0.15) is 0 Å². The van der Waals surface area contributed by atoms with Crippen molar-refractivity contribution in [3.05, 3.63) is 29.3 Å². The van der Waals surface area contributed by atoms with Crippen LogP contribution in [0.4, 0.5) is 5.69 Å². The van der Waals surface area contributed by atoms with Crippen molar-refractivity contribution in [3.63, 3.8) is 0 Å². The van der Waals surface area contributed by atoms with Gasteiger partial charge in [0, 0.05) is 18.8 Å². The molecule has 15 heavy (non-hydrogen) atoms. The fraction of sp³-hybridized carbons (Fsp3) is 0.538. The third-order valence-electron chi connectivity index (χ3n) is 3.45. The number of hydrogen-bond acceptors (Lipinski definition) is 2. The molecule has 2 nitrogen and oxygen atoms in total. The van der Waals surface area contributed by atoms with Crippen molar-refractivity contribution in [3.8, 4) is 0 Å². The zero-order valence-corrected chi connectivity index (χ0v) is 9.66. The van der Waals surface area contributed by atoms with Crippen molar-refractivity contribution in [1.29, 1.82) is 0 Å². The molecule has 82 valence electrons. The lowest BCUT2D eigenvalue weighted by molar-refractivity contribution is 0.598. The normalized spacial score (nSPS) is 20.2. The van der Waals surface area contributed by atoms with E-state index in [1.54, 1.807) is 0 Å². The molecule has 1 aromatic rings. The molecule has 1 aliphatic heterocycles. The van der Waals surface area contributed by atoms with Gasteiger partial charge >= 0.3 is 0 Å². The summed E-state index contributed by atoms with van der Waals surface area (Å²) >= 11 is 0. The monoisotopic (exact) mass is 204 g/mol. The van der Waals surface area contributed by atoms with Crippen molar-refractivity contribution < 1.29 is 0 Å². The first-order valence-corrected chi connectivity index (χ1v) is 5.77. The van der Waals surface area contributed by atoms with E-state index in [0.717, 1.165) is 13.0 Å². The fourth-order valence-electron chi connectivity index (χ4n) is 2.30. The molecule has 0 aliphatic carbocycles. The van der Waals surface area contributed by atoms with Crippen LogP contribution in [0.25, 0.3) is 0 Å². The van der Waals surface area contributed by atoms with E-state index in [4.69, 9.17) is 5.73 Å². The minimum atomic E-state index is 0.665. The molecule has 2 N–H and O–H groups in total. The second-order valence-electron chi connectivity index (χ2n) is 4.50. The van der Waals surface area contributed by atoms with Crippen LogP contribution >= 0.6 is 0 Å². The summed E-state index contributed by atoms with van der Waals surface area (Å²) in [5.74, 6) is 0. The van der Waals surface area contributed by atoms with Crippen LogP contribution in [-0.2, 0) is 12.8 Å². The molecule has 0 radical (unpaired) electrons. The van der Waals surface area contributed by atoms with Gasteiger partial charge in [-0.3, -0.25) is 0 Å². The summed E-state index contributed by atoms with van der Waals surface area (Å²) < 4.78 is 0. The van der Waals surface area contributed by atoms with Crippen LogP contribution in [0.1, 0.15) is 24.5 Å². The summed E-state index contributed by atoms with van der Waals surface area (Å²) in [5, 5.41) is 0. The number of benzene rings is 1. The fourth-order valence-corrected chi connectivity index (χ4v) is 2.30. The van der Waals surface area contributed by atoms with Crippen molar-refractivity contribution in [1.82, 2.24) is 0 Å². The van der Waals surface area contributed by atoms with Gasteiger partial charge < -0.3 is 10.6 Å². The average molecular weight is 204 g/mol. The van der Waals surface area contributed by atoms with Crippen LogP contribution in [0.3, 0.4) is 0 Å². The smallest absolute Gasteiger partial charge is 0.0398 e. The third kappa shape index (κ3) is 2.00. The molecule has 1 aliphatic rings. The summed E-state index contributed by atoms with van der Waals surface area (Å²) in [6, 6.07) is 7.44. The zero-order valence-electron chi connectivity index (χ0n) is 9.66. The molecule has 1 aromatic carbocycles. The molecular weight excluding hydrogens is 184 g/mol. The Balaban J connectivity index is 2.30. The number of anilines is 1. The molecular formula is C13H20N2. The van der Waals surface area contributed by atoms with Crippen LogP contribution in [0.15, 0.2) is 18.2 Å². The second-order valence-corrected chi connectivity index (χ2v) is 4.50. The standard InChI is InChI=1S/C13H20N2/c1-10-3-5-12-9-11(7-8-14)4-6-13(12)15(10)2/h4,6,9-10H,3,5,7-8,14H2,1-2H3. The summed E-state index contributed by atoms with van der Waals surface area (Å²) in [6.07, 6.45) is 3.46. The Morgan fingerprint density at radius 2 is 2.27 bits per heavy atom. The molecule has 2 rings (SSSR count). The first-order chi connectivity index (χ1) is 7.22. The predicted octanol–water partition coefficient (Wildman–Crippen LogP) is 1.96. The van der Waals surface area contributed by atoms with E-state index < -0.39 is 0 Å². The van der Waals surface area contributed by atoms with Gasteiger partial charge in [-0.1, -0.05) is 12.1 Å². The van der Waals surface area contributed by atoms with E-state index in [0.29, 0.717) is 6.04 Å². The van der Waals surface area contributed by atoms with Gasteiger partial charge in [0.1, 0.15) is 0 Å². The van der Waals surface area contributed by atoms with E-state index >= 15 is 0 Å². The highest BCUT2D eigenvalue weighted by atomic mass is 15.1. The number of nitrogens with zero attached hydrogens (tertiary/aromatic N) is 1. The maximum absolute atomic E-state index is 5.58. The SMILES string of the molecule is CC1CCc2cc(CCN)ccc2N1C. The molecule has 1 heterocycles. The Morgan fingerprint density at radius 1 is 1.47 bits per heavy atom. The highest BCUT2D eigenvalue weighted by Gasteiger charge is 2.19. The summed E-state index contributed by atoms with van der Waals surface area (Å²) in [5.41, 5.74) is 9.84. The second kappa shape index (κ2) is 4.23. The molecule has 0 amide bonds.